The zero-order valence-electron chi connectivity index (χ0n) is 31.0. The number of rotatable bonds is 11. The minimum absolute atomic E-state index is 0.00710. The van der Waals surface area contributed by atoms with Crippen molar-refractivity contribution in [3.8, 4) is 0 Å². The van der Waals surface area contributed by atoms with Gasteiger partial charge in [-0.05, 0) is 103 Å². The predicted molar refractivity (Wildman–Crippen MR) is 212 cm³/mol. The maximum absolute atomic E-state index is 14.2. The van der Waals surface area contributed by atoms with Gasteiger partial charge in [0.2, 0.25) is 11.5 Å². The average molecular weight is 825 g/mol. The molecule has 2 aliphatic heterocycles. The van der Waals surface area contributed by atoms with Crippen LogP contribution in [0.15, 0.2) is 89.8 Å². The molecule has 0 aromatic heterocycles. The number of nitrogens with zero attached hydrogens (tertiary/aromatic N) is 3. The van der Waals surface area contributed by atoms with Gasteiger partial charge in [0.1, 0.15) is 21.5 Å². The van der Waals surface area contributed by atoms with Crippen LogP contribution < -0.4 is 14.8 Å². The molecule has 2 saturated heterocycles. The first-order chi connectivity index (χ1) is 27.3. The van der Waals surface area contributed by atoms with E-state index in [0.29, 0.717) is 5.71 Å². The zero-order chi connectivity index (χ0) is 40.3. The Morgan fingerprint density at radius 2 is 1.07 bits per heavy atom. The standard InChI is InChI=1S/C42H40F5N4O4S2/c43-37-38(44)40(46)42(41(47)39(37)45)57(54,55)49-56(52,53)27-9-22-48-35-21-20-34(32-10-3-4-11-33(32)35)36(28-12-16-30(17-13-28)50-23-5-1-6-24-50)29-14-18-31(19-15-29)51-25-7-2-8-26-51/h3-4,10-21H,1-2,5-9,22-27H2/q-1/p+1. The lowest BCUT2D eigenvalue weighted by Crippen LogP contribution is -2.73. The molecule has 2 heterocycles. The van der Waals surface area contributed by atoms with Crippen LogP contribution in [-0.2, 0) is 20.0 Å². The minimum atomic E-state index is -5.82. The van der Waals surface area contributed by atoms with Crippen molar-refractivity contribution in [3.05, 3.63) is 140 Å². The van der Waals surface area contributed by atoms with Crippen LogP contribution in [0.25, 0.3) is 15.3 Å². The smallest absolute Gasteiger partial charge is 0.206 e. The fourth-order valence-electron chi connectivity index (χ4n) is 7.64. The van der Waals surface area contributed by atoms with Crippen molar-refractivity contribution in [1.82, 2.24) is 0 Å². The van der Waals surface area contributed by atoms with Gasteiger partial charge >= 0.3 is 0 Å². The molecular formula is C42H41F5N4O4S2. The van der Waals surface area contributed by atoms with Gasteiger partial charge in [-0.2, -0.15) is 0 Å². The van der Waals surface area contributed by atoms with E-state index in [1.807, 2.05) is 36.4 Å². The quantitative estimate of drug-likeness (QED) is 0.0741. The first kappa shape index (κ1) is 40.3. The predicted octanol–water partition coefficient (Wildman–Crippen LogP) is 7.24. The first-order valence-corrected chi connectivity index (χ1v) is 22.0. The third-order valence-corrected chi connectivity index (χ3v) is 13.9. The Hall–Kier alpha value is -4.86. The molecule has 0 amide bonds. The number of piperidine rings is 2. The number of sulfonamides is 2. The molecule has 3 aliphatic rings. The van der Waals surface area contributed by atoms with Crippen molar-refractivity contribution in [2.45, 2.75) is 49.8 Å². The van der Waals surface area contributed by atoms with Crippen LogP contribution in [-0.4, -0.2) is 61.0 Å². The molecule has 1 N–H and O–H groups in total. The SMILES string of the molecule is O=S(=O)(CCC[NH+]=C1C=CC(=C(c2ccc(N3CCCCC3)cc2)c2ccc(N3CCCCC3)cc2)c2ccccc21)[N-]S(=O)(=O)c1c(F)c(F)c(F)c(F)c1F. The number of anilines is 2. The van der Waals surface area contributed by atoms with Crippen LogP contribution in [0.1, 0.15) is 67.2 Å². The van der Waals surface area contributed by atoms with Crippen molar-refractivity contribution in [2.24, 2.45) is 0 Å². The van der Waals surface area contributed by atoms with Gasteiger partial charge in [-0.25, -0.2) is 43.8 Å². The lowest BCUT2D eigenvalue weighted by molar-refractivity contribution is -0.455. The molecule has 57 heavy (non-hydrogen) atoms. The third kappa shape index (κ3) is 8.70. The first-order valence-electron chi connectivity index (χ1n) is 18.9. The molecule has 4 aromatic rings. The average Bonchev–Trinajstić information content (AvgIpc) is 3.22. The van der Waals surface area contributed by atoms with E-state index in [-0.39, 0.29) is 13.0 Å². The number of nitrogens with one attached hydrogen (secondary N) is 1. The summed E-state index contributed by atoms with van der Waals surface area (Å²) in [5.74, 6) is -14.0. The van der Waals surface area contributed by atoms with Crippen molar-refractivity contribution in [3.63, 3.8) is 0 Å². The van der Waals surface area contributed by atoms with Crippen molar-refractivity contribution >= 4 is 48.3 Å². The summed E-state index contributed by atoms with van der Waals surface area (Å²) in [6.45, 7) is 4.14. The molecule has 1 aliphatic carbocycles. The fraction of sp³-hybridized carbons (Fsp3) is 0.310. The maximum Gasteiger partial charge on any atom is 0.206 e. The summed E-state index contributed by atoms with van der Waals surface area (Å²) in [6.07, 6.45) is 10.9. The lowest BCUT2D eigenvalue weighted by Gasteiger charge is -2.29. The molecule has 0 spiro atoms. The number of allylic oxidation sites excluding steroid dienone is 3. The summed E-state index contributed by atoms with van der Waals surface area (Å²) >= 11 is 0. The van der Waals surface area contributed by atoms with Gasteiger partial charge in [0.15, 0.2) is 23.3 Å². The van der Waals surface area contributed by atoms with Gasteiger partial charge in [0.25, 0.3) is 0 Å². The Labute approximate surface area is 329 Å². The molecule has 15 heteroatoms. The van der Waals surface area contributed by atoms with E-state index in [2.05, 4.69) is 67.5 Å². The second-order valence-corrected chi connectivity index (χ2v) is 17.8. The molecule has 0 atom stereocenters. The minimum Gasteiger partial charge on any atom is -0.432 e. The number of halogens is 5. The molecule has 8 nitrogen and oxygen atoms in total. The largest absolute Gasteiger partial charge is 0.432 e. The molecule has 4 aromatic carbocycles. The van der Waals surface area contributed by atoms with E-state index in [9.17, 15) is 38.8 Å². The van der Waals surface area contributed by atoms with Crippen LogP contribution in [0.4, 0.5) is 33.3 Å². The molecule has 7 rings (SSSR count). The van der Waals surface area contributed by atoms with Crippen molar-refractivity contribution in [2.75, 3.05) is 48.3 Å². The van der Waals surface area contributed by atoms with Crippen LogP contribution in [0.3, 0.4) is 0 Å². The molecule has 0 bridgehead atoms. The number of hydrogen-bond donors (Lipinski definition) is 1. The summed E-state index contributed by atoms with van der Waals surface area (Å²) in [4.78, 5) is 5.69. The second kappa shape index (κ2) is 16.9. The summed E-state index contributed by atoms with van der Waals surface area (Å²) in [5.41, 5.74) is 8.91. The van der Waals surface area contributed by atoms with Crippen molar-refractivity contribution in [1.29, 1.82) is 0 Å². The van der Waals surface area contributed by atoms with E-state index in [1.165, 1.54) is 49.9 Å². The normalized spacial score (nSPS) is 16.9. The highest BCUT2D eigenvalue weighted by molar-refractivity contribution is 8.12. The Balaban J connectivity index is 1.15. The molecule has 2 fully saturated rings. The van der Waals surface area contributed by atoms with E-state index in [0.717, 1.165) is 59.6 Å². The van der Waals surface area contributed by atoms with Gasteiger partial charge in [-0.1, -0.05) is 42.5 Å². The molecule has 0 radical (unpaired) electrons. The number of fused-ring (bicyclic) bond motifs is 1. The highest BCUT2D eigenvalue weighted by atomic mass is 32.3. The Morgan fingerprint density at radius 3 is 1.58 bits per heavy atom. The fourth-order valence-corrected chi connectivity index (χ4v) is 10.6. The van der Waals surface area contributed by atoms with Gasteiger partial charge in [0.05, 0.1) is 15.6 Å². The monoisotopic (exact) mass is 824 g/mol. The summed E-state index contributed by atoms with van der Waals surface area (Å²) in [6, 6.07) is 25.1. The van der Waals surface area contributed by atoms with Gasteiger partial charge in [-0.15, -0.1) is 0 Å². The summed E-state index contributed by atoms with van der Waals surface area (Å²) < 4.78 is 122. The van der Waals surface area contributed by atoms with Crippen LogP contribution in [0, 0.1) is 29.1 Å². The Morgan fingerprint density at radius 1 is 0.596 bits per heavy atom. The summed E-state index contributed by atoms with van der Waals surface area (Å²) in [5, 5.41) is 0. The molecular weight excluding hydrogens is 784 g/mol. The topological polar surface area (TPSA) is 103 Å². The molecule has 300 valence electrons. The Bertz CT molecular complexity index is 2370. The van der Waals surface area contributed by atoms with Crippen LogP contribution in [0.5, 0.6) is 0 Å². The highest BCUT2D eigenvalue weighted by Crippen LogP contribution is 2.38. The lowest BCUT2D eigenvalue weighted by atomic mass is 9.83. The van der Waals surface area contributed by atoms with Crippen LogP contribution >= 0.6 is 0 Å². The zero-order valence-corrected chi connectivity index (χ0v) is 32.6. The van der Waals surface area contributed by atoms with Gasteiger partial charge in [-0.3, -0.25) is 0 Å². The second-order valence-electron chi connectivity index (χ2n) is 14.3. The van der Waals surface area contributed by atoms with Crippen molar-refractivity contribution < 1.29 is 43.8 Å². The van der Waals surface area contributed by atoms with Gasteiger partial charge in [0, 0.05) is 55.8 Å². The van der Waals surface area contributed by atoms with Crippen LogP contribution in [0.2, 0.25) is 0 Å². The van der Waals surface area contributed by atoms with Gasteiger partial charge < -0.3 is 13.9 Å². The van der Waals surface area contributed by atoms with E-state index in [1.54, 1.807) is 0 Å². The van der Waals surface area contributed by atoms with E-state index < -0.39 is 59.8 Å². The maximum atomic E-state index is 14.2. The number of benzene rings is 4. The van der Waals surface area contributed by atoms with E-state index >= 15 is 0 Å². The number of hydrogen-bond acceptors (Lipinski definition) is 6. The highest BCUT2D eigenvalue weighted by Gasteiger charge is 2.31. The summed E-state index contributed by atoms with van der Waals surface area (Å²) in [7, 11) is -10.8. The Kier molecular flexibility index (Phi) is 12.0. The van der Waals surface area contributed by atoms with E-state index in [4.69, 9.17) is 0 Å². The third-order valence-electron chi connectivity index (χ3n) is 10.5. The molecule has 0 saturated carbocycles. The molecule has 0 unspecified atom stereocenters.